The average Bonchev–Trinajstić information content (AvgIpc) is 2.29. The first-order valence-electron chi connectivity index (χ1n) is 5.10. The standard InChI is InChI=1S/C11H13FN2O/c12-9-2-1-5-14(7-9)11-4-3-10(8-15)13-6-11/h3-4,6,8-9H,1-2,5,7H2. The maximum Gasteiger partial charge on any atom is 0.168 e. The number of alkyl halides is 1. The molecule has 3 nitrogen and oxygen atoms in total. The largest absolute Gasteiger partial charge is 0.367 e. The van der Waals surface area contributed by atoms with Crippen LogP contribution in [-0.4, -0.2) is 30.5 Å². The highest BCUT2D eigenvalue weighted by atomic mass is 19.1. The molecule has 1 atom stereocenters. The maximum absolute atomic E-state index is 13.1. The molecule has 0 aliphatic carbocycles. The number of pyridine rings is 1. The highest BCUT2D eigenvalue weighted by molar-refractivity contribution is 5.72. The molecule has 0 aromatic carbocycles. The molecule has 80 valence electrons. The summed E-state index contributed by atoms with van der Waals surface area (Å²) in [6.07, 6.45) is 3.11. The van der Waals surface area contributed by atoms with E-state index < -0.39 is 6.17 Å². The molecule has 0 bridgehead atoms. The zero-order valence-electron chi connectivity index (χ0n) is 8.40. The molecule has 1 aliphatic heterocycles. The number of aromatic nitrogens is 1. The van der Waals surface area contributed by atoms with E-state index in [4.69, 9.17) is 0 Å². The number of halogens is 1. The molecule has 4 heteroatoms. The highest BCUT2D eigenvalue weighted by Crippen LogP contribution is 2.20. The summed E-state index contributed by atoms with van der Waals surface area (Å²) in [6, 6.07) is 3.47. The van der Waals surface area contributed by atoms with Crippen LogP contribution in [0.15, 0.2) is 18.3 Å². The average molecular weight is 208 g/mol. The lowest BCUT2D eigenvalue weighted by molar-refractivity contribution is 0.111. The van der Waals surface area contributed by atoms with Crippen LogP contribution in [0.1, 0.15) is 23.3 Å². The van der Waals surface area contributed by atoms with Gasteiger partial charge in [-0.2, -0.15) is 0 Å². The maximum atomic E-state index is 13.1. The SMILES string of the molecule is O=Cc1ccc(N2CCCC(F)C2)cn1. The first kappa shape index (κ1) is 10.1. The number of nitrogens with zero attached hydrogens (tertiary/aromatic N) is 2. The van der Waals surface area contributed by atoms with Crippen LogP contribution in [0.3, 0.4) is 0 Å². The van der Waals surface area contributed by atoms with Gasteiger partial charge in [0.15, 0.2) is 6.29 Å². The van der Waals surface area contributed by atoms with Gasteiger partial charge >= 0.3 is 0 Å². The minimum Gasteiger partial charge on any atom is -0.367 e. The first-order valence-corrected chi connectivity index (χ1v) is 5.10. The Kier molecular flexibility index (Phi) is 2.94. The van der Waals surface area contributed by atoms with E-state index in [-0.39, 0.29) is 0 Å². The predicted molar refractivity (Wildman–Crippen MR) is 56.0 cm³/mol. The van der Waals surface area contributed by atoms with E-state index in [9.17, 15) is 9.18 Å². The smallest absolute Gasteiger partial charge is 0.168 e. The van der Waals surface area contributed by atoms with Gasteiger partial charge in [-0.25, -0.2) is 4.39 Å². The van der Waals surface area contributed by atoms with Gasteiger partial charge in [0.05, 0.1) is 11.9 Å². The number of anilines is 1. The highest BCUT2D eigenvalue weighted by Gasteiger charge is 2.19. The second-order valence-corrected chi connectivity index (χ2v) is 3.74. The van der Waals surface area contributed by atoms with Crippen molar-refractivity contribution in [1.82, 2.24) is 4.98 Å². The quantitative estimate of drug-likeness (QED) is 0.695. The molecular formula is C11H13FN2O. The molecule has 1 unspecified atom stereocenters. The Hall–Kier alpha value is -1.45. The van der Waals surface area contributed by atoms with E-state index >= 15 is 0 Å². The van der Waals surface area contributed by atoms with Gasteiger partial charge in [-0.15, -0.1) is 0 Å². The number of piperidine rings is 1. The molecule has 0 saturated carbocycles. The minimum absolute atomic E-state index is 0.410. The van der Waals surface area contributed by atoms with Gasteiger partial charge in [-0.3, -0.25) is 9.78 Å². The van der Waals surface area contributed by atoms with E-state index in [2.05, 4.69) is 4.98 Å². The number of carbonyl (C=O) groups excluding carboxylic acids is 1. The summed E-state index contributed by atoms with van der Waals surface area (Å²) in [5, 5.41) is 0. The van der Waals surface area contributed by atoms with Crippen LogP contribution in [0, 0.1) is 0 Å². The van der Waals surface area contributed by atoms with Crippen molar-refractivity contribution in [3.8, 4) is 0 Å². The molecule has 0 amide bonds. The van der Waals surface area contributed by atoms with Crippen molar-refractivity contribution in [1.29, 1.82) is 0 Å². The first-order chi connectivity index (χ1) is 7.29. The second kappa shape index (κ2) is 4.38. The molecule has 0 radical (unpaired) electrons. The van der Waals surface area contributed by atoms with Gasteiger partial charge in [0.1, 0.15) is 11.9 Å². The van der Waals surface area contributed by atoms with Crippen LogP contribution in [0.4, 0.5) is 10.1 Å². The van der Waals surface area contributed by atoms with Crippen LogP contribution >= 0.6 is 0 Å². The molecule has 1 aliphatic rings. The van der Waals surface area contributed by atoms with Crippen LogP contribution in [0.2, 0.25) is 0 Å². The Labute approximate surface area is 87.9 Å². The van der Waals surface area contributed by atoms with E-state index in [1.807, 2.05) is 11.0 Å². The summed E-state index contributed by atoms with van der Waals surface area (Å²) < 4.78 is 13.1. The van der Waals surface area contributed by atoms with Crippen molar-refractivity contribution in [3.05, 3.63) is 24.0 Å². The van der Waals surface area contributed by atoms with Crippen molar-refractivity contribution >= 4 is 12.0 Å². The summed E-state index contributed by atoms with van der Waals surface area (Å²) in [4.78, 5) is 16.3. The normalized spacial score (nSPS) is 21.4. The molecule has 15 heavy (non-hydrogen) atoms. The fraction of sp³-hybridized carbons (Fsp3) is 0.455. The third kappa shape index (κ3) is 2.32. The third-order valence-corrected chi connectivity index (χ3v) is 2.62. The summed E-state index contributed by atoms with van der Waals surface area (Å²) in [6.45, 7) is 1.30. The monoisotopic (exact) mass is 208 g/mol. The molecule has 1 aromatic rings. The molecule has 2 heterocycles. The Balaban J connectivity index is 2.11. The van der Waals surface area contributed by atoms with E-state index in [0.29, 0.717) is 24.9 Å². The summed E-state index contributed by atoms with van der Waals surface area (Å²) in [5.41, 5.74) is 1.30. The molecule has 1 saturated heterocycles. The Morgan fingerprint density at radius 1 is 1.53 bits per heavy atom. The fourth-order valence-corrected chi connectivity index (χ4v) is 1.81. The van der Waals surface area contributed by atoms with Crippen molar-refractivity contribution < 1.29 is 9.18 Å². The lowest BCUT2D eigenvalue weighted by atomic mass is 10.1. The topological polar surface area (TPSA) is 33.2 Å². The number of carbonyl (C=O) groups is 1. The number of rotatable bonds is 2. The molecule has 1 aromatic heterocycles. The summed E-state index contributed by atoms with van der Waals surface area (Å²) in [5.74, 6) is 0. The van der Waals surface area contributed by atoms with Gasteiger partial charge in [0, 0.05) is 13.1 Å². The van der Waals surface area contributed by atoms with E-state index in [1.165, 1.54) is 0 Å². The molecule has 0 N–H and O–H groups in total. The van der Waals surface area contributed by atoms with Gasteiger partial charge < -0.3 is 4.90 Å². The van der Waals surface area contributed by atoms with Crippen LogP contribution in [0.5, 0.6) is 0 Å². The van der Waals surface area contributed by atoms with E-state index in [1.54, 1.807) is 12.3 Å². The third-order valence-electron chi connectivity index (χ3n) is 2.62. The van der Waals surface area contributed by atoms with Gasteiger partial charge in [0.25, 0.3) is 0 Å². The van der Waals surface area contributed by atoms with Crippen molar-refractivity contribution in [2.45, 2.75) is 19.0 Å². The summed E-state index contributed by atoms with van der Waals surface area (Å²) >= 11 is 0. The Morgan fingerprint density at radius 2 is 2.40 bits per heavy atom. The van der Waals surface area contributed by atoms with Crippen molar-refractivity contribution in [2.24, 2.45) is 0 Å². The zero-order chi connectivity index (χ0) is 10.7. The van der Waals surface area contributed by atoms with E-state index in [0.717, 1.165) is 18.7 Å². The van der Waals surface area contributed by atoms with Gasteiger partial charge in [-0.05, 0) is 25.0 Å². The van der Waals surface area contributed by atoms with Gasteiger partial charge in [0.2, 0.25) is 0 Å². The Morgan fingerprint density at radius 3 is 3.00 bits per heavy atom. The van der Waals surface area contributed by atoms with Crippen LogP contribution in [0.25, 0.3) is 0 Å². The zero-order valence-corrected chi connectivity index (χ0v) is 8.40. The van der Waals surface area contributed by atoms with Crippen molar-refractivity contribution in [2.75, 3.05) is 18.0 Å². The lowest BCUT2D eigenvalue weighted by Gasteiger charge is -2.30. The van der Waals surface area contributed by atoms with Crippen molar-refractivity contribution in [3.63, 3.8) is 0 Å². The molecule has 1 fully saturated rings. The minimum atomic E-state index is -0.746. The Bertz CT molecular complexity index is 339. The molecule has 0 spiro atoms. The van der Waals surface area contributed by atoms with Crippen LogP contribution in [-0.2, 0) is 0 Å². The number of hydrogen-bond donors (Lipinski definition) is 0. The molecule has 2 rings (SSSR count). The van der Waals surface area contributed by atoms with Gasteiger partial charge in [-0.1, -0.05) is 0 Å². The van der Waals surface area contributed by atoms with Crippen LogP contribution < -0.4 is 4.90 Å². The lowest BCUT2D eigenvalue weighted by Crippen LogP contribution is -2.36. The summed E-state index contributed by atoms with van der Waals surface area (Å²) in [7, 11) is 0. The fourth-order valence-electron chi connectivity index (χ4n) is 1.81. The molecular weight excluding hydrogens is 195 g/mol. The number of hydrogen-bond acceptors (Lipinski definition) is 3. The predicted octanol–water partition coefficient (Wildman–Crippen LogP) is 1.83. The second-order valence-electron chi connectivity index (χ2n) is 3.74. The number of aldehydes is 1.